The normalized spacial score (nSPS) is 26.1. The van der Waals surface area contributed by atoms with Crippen LogP contribution in [0.25, 0.3) is 0 Å². The van der Waals surface area contributed by atoms with Gasteiger partial charge in [-0.25, -0.2) is 0 Å². The van der Waals surface area contributed by atoms with Crippen LogP contribution in [0, 0.1) is 12.8 Å². The second kappa shape index (κ2) is 4.00. The van der Waals surface area contributed by atoms with Crippen molar-refractivity contribution in [2.75, 3.05) is 17.2 Å². The highest BCUT2D eigenvalue weighted by Gasteiger charge is 2.27. The summed E-state index contributed by atoms with van der Waals surface area (Å²) in [6.07, 6.45) is 2.48. The van der Waals surface area contributed by atoms with E-state index in [4.69, 9.17) is 5.73 Å². The first-order valence-corrected chi connectivity index (χ1v) is 6.06. The molecule has 0 saturated carbocycles. The lowest BCUT2D eigenvalue weighted by Gasteiger charge is -2.38. The molecule has 2 N–H and O–H groups in total. The zero-order chi connectivity index (χ0) is 11.9. The van der Waals surface area contributed by atoms with Crippen molar-refractivity contribution in [2.24, 2.45) is 13.0 Å². The lowest BCUT2D eigenvalue weighted by atomic mass is 9.93. The standard InChI is InChI=1S/C12H22N4/c1-8-5-6-16(9(2)7-8)12-11(13)10(3)14-15(12)4/h8-9H,5-7,13H2,1-4H3. The fourth-order valence-electron chi connectivity index (χ4n) is 2.72. The Hall–Kier alpha value is -1.19. The molecule has 1 fully saturated rings. The number of anilines is 2. The highest BCUT2D eigenvalue weighted by atomic mass is 15.4. The summed E-state index contributed by atoms with van der Waals surface area (Å²) in [5, 5.41) is 4.39. The predicted octanol–water partition coefficient (Wildman–Crippen LogP) is 1.94. The Morgan fingerprint density at radius 1 is 1.38 bits per heavy atom. The summed E-state index contributed by atoms with van der Waals surface area (Å²) in [4.78, 5) is 2.40. The number of rotatable bonds is 1. The summed E-state index contributed by atoms with van der Waals surface area (Å²) in [7, 11) is 1.98. The maximum Gasteiger partial charge on any atom is 0.150 e. The molecule has 2 heterocycles. The zero-order valence-corrected chi connectivity index (χ0v) is 10.7. The van der Waals surface area contributed by atoms with E-state index in [1.54, 1.807) is 0 Å². The molecular formula is C12H22N4. The molecule has 0 aromatic carbocycles. The predicted molar refractivity (Wildman–Crippen MR) is 67.6 cm³/mol. The van der Waals surface area contributed by atoms with E-state index in [2.05, 4.69) is 23.8 Å². The zero-order valence-electron chi connectivity index (χ0n) is 10.7. The van der Waals surface area contributed by atoms with Crippen molar-refractivity contribution < 1.29 is 0 Å². The van der Waals surface area contributed by atoms with Crippen molar-refractivity contribution >= 4 is 11.5 Å². The van der Waals surface area contributed by atoms with Crippen LogP contribution in [0.15, 0.2) is 0 Å². The first-order valence-electron chi connectivity index (χ1n) is 6.06. The highest BCUT2D eigenvalue weighted by Crippen LogP contribution is 2.32. The van der Waals surface area contributed by atoms with E-state index in [0.29, 0.717) is 6.04 Å². The van der Waals surface area contributed by atoms with Gasteiger partial charge >= 0.3 is 0 Å². The Kier molecular flexibility index (Phi) is 2.82. The average molecular weight is 222 g/mol. The van der Waals surface area contributed by atoms with Gasteiger partial charge in [0.15, 0.2) is 5.82 Å². The summed E-state index contributed by atoms with van der Waals surface area (Å²) in [6, 6.07) is 0.556. The molecule has 1 aliphatic heterocycles. The molecule has 0 spiro atoms. The Bertz CT molecular complexity index is 383. The number of hydrogen-bond donors (Lipinski definition) is 1. The maximum atomic E-state index is 6.11. The van der Waals surface area contributed by atoms with E-state index in [-0.39, 0.29) is 0 Å². The van der Waals surface area contributed by atoms with Crippen molar-refractivity contribution in [3.05, 3.63) is 5.69 Å². The molecule has 2 rings (SSSR count). The van der Waals surface area contributed by atoms with Crippen LogP contribution in [-0.4, -0.2) is 22.4 Å². The van der Waals surface area contributed by atoms with Gasteiger partial charge in [-0.15, -0.1) is 0 Å². The smallest absolute Gasteiger partial charge is 0.150 e. The number of aromatic nitrogens is 2. The number of nitrogens with zero attached hydrogens (tertiary/aromatic N) is 3. The number of nitrogen functional groups attached to an aromatic ring is 1. The Morgan fingerprint density at radius 2 is 2.06 bits per heavy atom. The molecular weight excluding hydrogens is 200 g/mol. The summed E-state index contributed by atoms with van der Waals surface area (Å²) >= 11 is 0. The van der Waals surface area contributed by atoms with Gasteiger partial charge in [0.25, 0.3) is 0 Å². The van der Waals surface area contributed by atoms with Gasteiger partial charge in [0, 0.05) is 19.6 Å². The van der Waals surface area contributed by atoms with Crippen LogP contribution in [0.1, 0.15) is 32.4 Å². The molecule has 1 aromatic rings. The van der Waals surface area contributed by atoms with Crippen molar-refractivity contribution in [1.82, 2.24) is 9.78 Å². The van der Waals surface area contributed by atoms with Gasteiger partial charge in [-0.1, -0.05) is 6.92 Å². The lowest BCUT2D eigenvalue weighted by Crippen LogP contribution is -2.41. The third kappa shape index (κ3) is 1.77. The molecule has 16 heavy (non-hydrogen) atoms. The van der Waals surface area contributed by atoms with Gasteiger partial charge in [0.1, 0.15) is 0 Å². The topological polar surface area (TPSA) is 47.1 Å². The second-order valence-corrected chi connectivity index (χ2v) is 5.12. The van der Waals surface area contributed by atoms with Crippen molar-refractivity contribution in [1.29, 1.82) is 0 Å². The van der Waals surface area contributed by atoms with E-state index < -0.39 is 0 Å². The van der Waals surface area contributed by atoms with Gasteiger partial charge in [0.2, 0.25) is 0 Å². The molecule has 2 unspecified atom stereocenters. The molecule has 1 saturated heterocycles. The summed E-state index contributed by atoms with van der Waals surface area (Å²) in [5.74, 6) is 1.92. The first-order chi connectivity index (χ1) is 7.50. The molecule has 0 radical (unpaired) electrons. The fourth-order valence-corrected chi connectivity index (χ4v) is 2.72. The van der Waals surface area contributed by atoms with E-state index in [0.717, 1.165) is 29.7 Å². The second-order valence-electron chi connectivity index (χ2n) is 5.12. The molecule has 0 aliphatic carbocycles. The number of hydrogen-bond acceptors (Lipinski definition) is 3. The van der Waals surface area contributed by atoms with E-state index >= 15 is 0 Å². The molecule has 90 valence electrons. The fraction of sp³-hybridized carbons (Fsp3) is 0.750. The molecule has 4 nitrogen and oxygen atoms in total. The molecule has 0 amide bonds. The van der Waals surface area contributed by atoms with Crippen molar-refractivity contribution in [3.8, 4) is 0 Å². The van der Waals surface area contributed by atoms with Crippen LogP contribution < -0.4 is 10.6 Å². The number of aryl methyl sites for hydroxylation is 2. The lowest BCUT2D eigenvalue weighted by molar-refractivity contribution is 0.373. The van der Waals surface area contributed by atoms with Gasteiger partial charge in [0.05, 0.1) is 11.4 Å². The molecule has 4 heteroatoms. The van der Waals surface area contributed by atoms with Crippen LogP contribution >= 0.6 is 0 Å². The third-order valence-electron chi connectivity index (χ3n) is 3.65. The first kappa shape index (κ1) is 11.3. The molecule has 1 aliphatic rings. The minimum atomic E-state index is 0.556. The van der Waals surface area contributed by atoms with Gasteiger partial charge in [-0.3, -0.25) is 4.68 Å². The average Bonchev–Trinajstić information content (AvgIpc) is 2.43. The van der Waals surface area contributed by atoms with Crippen molar-refractivity contribution in [2.45, 2.75) is 39.7 Å². The van der Waals surface area contributed by atoms with E-state index in [1.807, 2.05) is 18.7 Å². The van der Waals surface area contributed by atoms with Gasteiger partial charge in [-0.2, -0.15) is 5.10 Å². The van der Waals surface area contributed by atoms with Gasteiger partial charge < -0.3 is 10.6 Å². The summed E-state index contributed by atoms with van der Waals surface area (Å²) in [6.45, 7) is 7.66. The monoisotopic (exact) mass is 222 g/mol. The Morgan fingerprint density at radius 3 is 2.56 bits per heavy atom. The minimum absolute atomic E-state index is 0.556. The van der Waals surface area contributed by atoms with Crippen LogP contribution in [0.2, 0.25) is 0 Å². The van der Waals surface area contributed by atoms with Gasteiger partial charge in [-0.05, 0) is 32.6 Å². The SMILES string of the molecule is Cc1nn(C)c(N2CCC(C)CC2C)c1N. The van der Waals surface area contributed by atoms with Crippen LogP contribution in [0.5, 0.6) is 0 Å². The maximum absolute atomic E-state index is 6.11. The third-order valence-corrected chi connectivity index (χ3v) is 3.65. The molecule has 1 aromatic heterocycles. The highest BCUT2D eigenvalue weighted by molar-refractivity contribution is 5.66. The number of nitrogens with two attached hydrogens (primary N) is 1. The Labute approximate surface area is 97.4 Å². The van der Waals surface area contributed by atoms with E-state index in [1.165, 1.54) is 12.8 Å². The van der Waals surface area contributed by atoms with Crippen LogP contribution in [0.3, 0.4) is 0 Å². The molecule has 0 bridgehead atoms. The minimum Gasteiger partial charge on any atom is -0.394 e. The Balaban J connectivity index is 2.30. The summed E-state index contributed by atoms with van der Waals surface area (Å²) < 4.78 is 1.91. The largest absolute Gasteiger partial charge is 0.394 e. The quantitative estimate of drug-likeness (QED) is 0.790. The number of piperidine rings is 1. The van der Waals surface area contributed by atoms with E-state index in [9.17, 15) is 0 Å². The molecule has 2 atom stereocenters. The van der Waals surface area contributed by atoms with Crippen LogP contribution in [-0.2, 0) is 7.05 Å². The summed E-state index contributed by atoms with van der Waals surface area (Å²) in [5.41, 5.74) is 7.88. The van der Waals surface area contributed by atoms with Crippen molar-refractivity contribution in [3.63, 3.8) is 0 Å². The van der Waals surface area contributed by atoms with Crippen LogP contribution in [0.4, 0.5) is 11.5 Å².